The lowest BCUT2D eigenvalue weighted by Crippen LogP contribution is -1.95. The molecule has 0 fully saturated rings. The Morgan fingerprint density at radius 2 is 2.00 bits per heavy atom. The fourth-order valence-electron chi connectivity index (χ4n) is 1.68. The fourth-order valence-corrected chi connectivity index (χ4v) is 2.43. The van der Waals surface area contributed by atoms with Crippen LogP contribution < -0.4 is 4.74 Å². The topological polar surface area (TPSA) is 104 Å². The third kappa shape index (κ3) is 3.83. The van der Waals surface area contributed by atoms with Crippen molar-refractivity contribution in [2.45, 2.75) is 16.9 Å². The average Bonchev–Trinajstić information content (AvgIpc) is 3.02. The molecule has 3 rings (SSSR count). The smallest absolute Gasteiger partial charge is 0.301 e. The minimum Gasteiger partial charge on any atom is -0.484 e. The highest BCUT2D eigenvalue weighted by Gasteiger charge is 2.18. The van der Waals surface area contributed by atoms with Crippen LogP contribution in [0.3, 0.4) is 0 Å². The maximum Gasteiger partial charge on any atom is 0.301 e. The van der Waals surface area contributed by atoms with Gasteiger partial charge in [-0.3, -0.25) is 10.1 Å². The highest BCUT2D eigenvalue weighted by atomic mass is 32.2. The molecular weight excluding hydrogens is 320 g/mol. The molecule has 0 spiro atoms. The van der Waals surface area contributed by atoms with E-state index in [4.69, 9.17) is 9.15 Å². The van der Waals surface area contributed by atoms with Crippen LogP contribution in [0.1, 0.15) is 5.89 Å². The highest BCUT2D eigenvalue weighted by molar-refractivity contribution is 7.99. The van der Waals surface area contributed by atoms with Gasteiger partial charge in [0.05, 0.1) is 4.92 Å². The Balaban J connectivity index is 1.67. The van der Waals surface area contributed by atoms with Gasteiger partial charge in [-0.05, 0) is 30.0 Å². The second-order valence-corrected chi connectivity index (χ2v) is 5.19. The molecule has 0 bridgehead atoms. The third-order valence-electron chi connectivity index (χ3n) is 2.69. The quantitative estimate of drug-likeness (QED) is 0.501. The zero-order valence-corrected chi connectivity index (χ0v) is 12.5. The van der Waals surface area contributed by atoms with Crippen LogP contribution in [-0.4, -0.2) is 20.1 Å². The Morgan fingerprint density at radius 1 is 1.17 bits per heavy atom. The van der Waals surface area contributed by atoms with E-state index in [2.05, 4.69) is 15.2 Å². The van der Waals surface area contributed by atoms with Crippen LogP contribution in [0.2, 0.25) is 0 Å². The van der Waals surface area contributed by atoms with Crippen molar-refractivity contribution < 1.29 is 14.1 Å². The summed E-state index contributed by atoms with van der Waals surface area (Å²) in [6.45, 7) is 0.113. The summed E-state index contributed by atoms with van der Waals surface area (Å²) in [5, 5.41) is 19.0. The van der Waals surface area contributed by atoms with E-state index in [1.54, 1.807) is 0 Å². The summed E-state index contributed by atoms with van der Waals surface area (Å²) in [5.41, 5.74) is -0.113. The summed E-state index contributed by atoms with van der Waals surface area (Å²) in [6.07, 6.45) is 1.46. The molecule has 2 aromatic heterocycles. The lowest BCUT2D eigenvalue weighted by molar-refractivity contribution is -0.388. The molecule has 0 unspecified atom stereocenters. The van der Waals surface area contributed by atoms with Gasteiger partial charge in [0.1, 0.15) is 5.75 Å². The van der Waals surface area contributed by atoms with Crippen LogP contribution in [0.4, 0.5) is 5.69 Å². The number of nitro groups is 1. The minimum absolute atomic E-state index is 0.113. The van der Waals surface area contributed by atoms with Crippen molar-refractivity contribution in [3.8, 4) is 5.75 Å². The lowest BCUT2D eigenvalue weighted by atomic mass is 10.3. The summed E-state index contributed by atoms with van der Waals surface area (Å²) in [5.74, 6) is 0.954. The summed E-state index contributed by atoms with van der Waals surface area (Å²) < 4.78 is 10.9. The first-order valence-electron chi connectivity index (χ1n) is 6.50. The standard InChI is InChI=1S/C14H10N4O4S/c19-18(20)11-7-4-8-15-13(11)23-14-17-16-12(22-14)9-21-10-5-2-1-3-6-10/h1-8H,9H2. The van der Waals surface area contributed by atoms with Crippen molar-refractivity contribution in [1.82, 2.24) is 15.2 Å². The number of benzene rings is 1. The highest BCUT2D eigenvalue weighted by Crippen LogP contribution is 2.31. The Bertz CT molecular complexity index is 809. The molecule has 1 aromatic carbocycles. The van der Waals surface area contributed by atoms with Crippen molar-refractivity contribution in [1.29, 1.82) is 0 Å². The van der Waals surface area contributed by atoms with Crippen molar-refractivity contribution in [2.75, 3.05) is 0 Å². The summed E-state index contributed by atoms with van der Waals surface area (Å²) >= 11 is 0.936. The number of para-hydroxylation sites is 1. The van der Waals surface area contributed by atoms with E-state index >= 15 is 0 Å². The van der Waals surface area contributed by atoms with E-state index in [9.17, 15) is 10.1 Å². The number of aromatic nitrogens is 3. The van der Waals surface area contributed by atoms with Crippen LogP contribution in [0.5, 0.6) is 5.75 Å². The predicted octanol–water partition coefficient (Wildman–Crippen LogP) is 3.10. The third-order valence-corrected chi connectivity index (χ3v) is 3.53. The summed E-state index contributed by atoms with van der Waals surface area (Å²) in [6, 6.07) is 12.1. The number of nitrogens with zero attached hydrogens (tertiary/aromatic N) is 4. The van der Waals surface area contributed by atoms with Crippen LogP contribution in [0.15, 0.2) is 63.3 Å². The van der Waals surface area contributed by atoms with E-state index in [1.165, 1.54) is 18.3 Å². The van der Waals surface area contributed by atoms with Gasteiger partial charge < -0.3 is 9.15 Å². The number of hydrogen-bond donors (Lipinski definition) is 0. The van der Waals surface area contributed by atoms with Gasteiger partial charge in [0.2, 0.25) is 0 Å². The average molecular weight is 330 g/mol. The van der Waals surface area contributed by atoms with E-state index in [0.29, 0.717) is 5.75 Å². The molecule has 0 amide bonds. The minimum atomic E-state index is -0.509. The largest absolute Gasteiger partial charge is 0.484 e. The van der Waals surface area contributed by atoms with Gasteiger partial charge in [0.15, 0.2) is 11.6 Å². The molecule has 0 atom stereocenters. The molecule has 0 aliphatic heterocycles. The molecular formula is C14H10N4O4S. The SMILES string of the molecule is O=[N+]([O-])c1cccnc1Sc1nnc(COc2ccccc2)o1. The molecule has 23 heavy (non-hydrogen) atoms. The molecule has 0 N–H and O–H groups in total. The molecule has 2 heterocycles. The zero-order chi connectivity index (χ0) is 16.1. The van der Waals surface area contributed by atoms with E-state index in [-0.39, 0.29) is 28.4 Å². The monoisotopic (exact) mass is 330 g/mol. The molecule has 3 aromatic rings. The van der Waals surface area contributed by atoms with Crippen LogP contribution in [0.25, 0.3) is 0 Å². The van der Waals surface area contributed by atoms with Gasteiger partial charge in [0.25, 0.3) is 11.1 Å². The normalized spacial score (nSPS) is 10.4. The Hall–Kier alpha value is -2.94. The van der Waals surface area contributed by atoms with Crippen LogP contribution >= 0.6 is 11.8 Å². The first kappa shape index (κ1) is 15.0. The van der Waals surface area contributed by atoms with Crippen LogP contribution in [-0.2, 0) is 6.61 Å². The Morgan fingerprint density at radius 3 is 2.78 bits per heavy atom. The molecule has 0 saturated heterocycles. The molecule has 9 heteroatoms. The Labute approximate surface area is 134 Å². The van der Waals surface area contributed by atoms with Crippen molar-refractivity contribution >= 4 is 17.4 Å². The number of ether oxygens (including phenoxy) is 1. The molecule has 0 aliphatic carbocycles. The summed E-state index contributed by atoms with van der Waals surface area (Å²) in [4.78, 5) is 14.4. The van der Waals surface area contributed by atoms with E-state index in [1.807, 2.05) is 30.3 Å². The van der Waals surface area contributed by atoms with Gasteiger partial charge in [-0.1, -0.05) is 18.2 Å². The van der Waals surface area contributed by atoms with Gasteiger partial charge in [0, 0.05) is 12.3 Å². The maximum atomic E-state index is 10.9. The second-order valence-electron chi connectivity index (χ2n) is 4.25. The molecule has 0 saturated carbocycles. The van der Waals surface area contributed by atoms with Crippen molar-refractivity contribution in [3.63, 3.8) is 0 Å². The van der Waals surface area contributed by atoms with Gasteiger partial charge in [-0.2, -0.15) is 0 Å². The second kappa shape index (κ2) is 6.88. The number of rotatable bonds is 6. The first-order chi connectivity index (χ1) is 11.2. The van der Waals surface area contributed by atoms with E-state index < -0.39 is 4.92 Å². The van der Waals surface area contributed by atoms with Gasteiger partial charge in [-0.15, -0.1) is 10.2 Å². The maximum absolute atomic E-state index is 10.9. The number of hydrogen-bond acceptors (Lipinski definition) is 8. The predicted molar refractivity (Wildman–Crippen MR) is 80.1 cm³/mol. The lowest BCUT2D eigenvalue weighted by Gasteiger charge is -2.01. The fraction of sp³-hybridized carbons (Fsp3) is 0.0714. The zero-order valence-electron chi connectivity index (χ0n) is 11.7. The molecule has 0 radical (unpaired) electrons. The van der Waals surface area contributed by atoms with E-state index in [0.717, 1.165) is 11.8 Å². The van der Waals surface area contributed by atoms with Crippen LogP contribution in [0, 0.1) is 10.1 Å². The molecule has 116 valence electrons. The van der Waals surface area contributed by atoms with Crippen molar-refractivity contribution in [3.05, 3.63) is 64.7 Å². The first-order valence-corrected chi connectivity index (χ1v) is 7.31. The van der Waals surface area contributed by atoms with Crippen molar-refractivity contribution in [2.24, 2.45) is 0 Å². The summed E-state index contributed by atoms with van der Waals surface area (Å²) in [7, 11) is 0. The molecule has 8 nitrogen and oxygen atoms in total. The Kier molecular flexibility index (Phi) is 4.48. The molecule has 0 aliphatic rings. The van der Waals surface area contributed by atoms with Gasteiger partial charge in [-0.25, -0.2) is 4.98 Å². The number of pyridine rings is 1. The van der Waals surface area contributed by atoms with Gasteiger partial charge >= 0.3 is 5.69 Å².